The second kappa shape index (κ2) is 7.70. The lowest BCUT2D eigenvalue weighted by molar-refractivity contribution is 0.570. The zero-order chi connectivity index (χ0) is 19.7. The molecule has 1 unspecified atom stereocenters. The Morgan fingerprint density at radius 3 is 2.46 bits per heavy atom. The van der Waals surface area contributed by atoms with Crippen LogP contribution in [0.5, 0.6) is 0 Å². The number of benzene rings is 2. The average Bonchev–Trinajstić information content (AvgIpc) is 3.11. The van der Waals surface area contributed by atoms with E-state index < -0.39 is 16.1 Å². The maximum atomic E-state index is 13.1. The molecular weight excluding hydrogens is 436 g/mol. The second-order valence-electron chi connectivity index (χ2n) is 7.00. The van der Waals surface area contributed by atoms with Crippen molar-refractivity contribution in [3.05, 3.63) is 99.3 Å². The van der Waals surface area contributed by atoms with Crippen molar-refractivity contribution >= 4 is 26.0 Å². The smallest absolute Gasteiger partial charge is 0.241 e. The first-order valence-electron chi connectivity index (χ1n) is 9.13. The fourth-order valence-corrected chi connectivity index (χ4v) is 5.15. The van der Waals surface area contributed by atoms with E-state index in [1.807, 2.05) is 31.2 Å². The van der Waals surface area contributed by atoms with Crippen LogP contribution >= 0.6 is 15.9 Å². The minimum absolute atomic E-state index is 0.258. The number of hydrogen-bond donors (Lipinski definition) is 2. The summed E-state index contributed by atoms with van der Waals surface area (Å²) in [6, 6.07) is 16.1. The molecule has 1 heterocycles. The van der Waals surface area contributed by atoms with Crippen molar-refractivity contribution in [3.8, 4) is 0 Å². The van der Waals surface area contributed by atoms with E-state index in [4.69, 9.17) is 0 Å². The SMILES string of the molecule is Cc1ccc(S(=O)(=O)NC(c2cc3c([nH]2)CC=CC3)c2ccccc2Br)cc1. The first-order valence-corrected chi connectivity index (χ1v) is 11.4. The summed E-state index contributed by atoms with van der Waals surface area (Å²) >= 11 is 3.58. The molecule has 0 bridgehead atoms. The van der Waals surface area contributed by atoms with Crippen LogP contribution in [0.15, 0.2) is 76.1 Å². The highest BCUT2D eigenvalue weighted by Gasteiger charge is 2.26. The van der Waals surface area contributed by atoms with Gasteiger partial charge in [-0.1, -0.05) is 64.0 Å². The molecule has 0 saturated carbocycles. The maximum Gasteiger partial charge on any atom is 0.241 e. The van der Waals surface area contributed by atoms with E-state index in [0.29, 0.717) is 0 Å². The van der Waals surface area contributed by atoms with Gasteiger partial charge in [0.1, 0.15) is 0 Å². The number of allylic oxidation sites excluding steroid dienone is 2. The molecule has 0 radical (unpaired) electrons. The zero-order valence-corrected chi connectivity index (χ0v) is 17.8. The first kappa shape index (κ1) is 19.2. The lowest BCUT2D eigenvalue weighted by Crippen LogP contribution is -2.30. The Labute approximate surface area is 173 Å². The van der Waals surface area contributed by atoms with Gasteiger partial charge in [0, 0.05) is 22.3 Å². The fraction of sp³-hybridized carbons (Fsp3) is 0.182. The van der Waals surface area contributed by atoms with Gasteiger partial charge in [-0.15, -0.1) is 0 Å². The van der Waals surface area contributed by atoms with Crippen LogP contribution in [-0.2, 0) is 22.9 Å². The topological polar surface area (TPSA) is 62.0 Å². The summed E-state index contributed by atoms with van der Waals surface area (Å²) in [6.45, 7) is 1.94. The Hall–Kier alpha value is -2.15. The van der Waals surface area contributed by atoms with Gasteiger partial charge in [-0.2, -0.15) is 4.72 Å². The van der Waals surface area contributed by atoms with Crippen molar-refractivity contribution in [1.29, 1.82) is 0 Å². The molecule has 4 nitrogen and oxygen atoms in total. The Kier molecular flexibility index (Phi) is 5.27. The molecule has 6 heteroatoms. The Morgan fingerprint density at radius 2 is 1.75 bits per heavy atom. The van der Waals surface area contributed by atoms with Gasteiger partial charge in [-0.25, -0.2) is 8.42 Å². The van der Waals surface area contributed by atoms with Gasteiger partial charge in [0.15, 0.2) is 0 Å². The summed E-state index contributed by atoms with van der Waals surface area (Å²) in [5, 5.41) is 0. The van der Waals surface area contributed by atoms with Crippen LogP contribution in [0.25, 0.3) is 0 Å². The predicted octanol–water partition coefficient (Wildman–Crippen LogP) is 4.81. The number of sulfonamides is 1. The summed E-state index contributed by atoms with van der Waals surface area (Å²) in [7, 11) is -3.70. The molecule has 0 spiro atoms. The minimum Gasteiger partial charge on any atom is -0.360 e. The summed E-state index contributed by atoms with van der Waals surface area (Å²) in [4.78, 5) is 3.70. The third-order valence-corrected chi connectivity index (χ3v) is 7.13. The lowest BCUT2D eigenvalue weighted by Gasteiger charge is -2.20. The molecule has 2 aromatic carbocycles. The molecular formula is C22H21BrN2O2S. The Bertz CT molecular complexity index is 1110. The van der Waals surface area contributed by atoms with Crippen molar-refractivity contribution in [3.63, 3.8) is 0 Å². The van der Waals surface area contributed by atoms with Gasteiger partial charge in [-0.05, 0) is 48.7 Å². The second-order valence-corrected chi connectivity index (χ2v) is 9.57. The molecule has 1 atom stereocenters. The largest absolute Gasteiger partial charge is 0.360 e. The third-order valence-electron chi connectivity index (χ3n) is 4.97. The van der Waals surface area contributed by atoms with Crippen molar-refractivity contribution in [2.75, 3.05) is 0 Å². The van der Waals surface area contributed by atoms with Crippen LogP contribution in [0.3, 0.4) is 0 Å². The fourth-order valence-electron chi connectivity index (χ4n) is 3.44. The van der Waals surface area contributed by atoms with E-state index in [1.54, 1.807) is 24.3 Å². The van der Waals surface area contributed by atoms with Gasteiger partial charge in [0.05, 0.1) is 10.9 Å². The van der Waals surface area contributed by atoms with Crippen molar-refractivity contribution in [2.45, 2.75) is 30.7 Å². The predicted molar refractivity (Wildman–Crippen MR) is 115 cm³/mol. The summed E-state index contributed by atoms with van der Waals surface area (Å²) in [5.74, 6) is 0. The number of hydrogen-bond acceptors (Lipinski definition) is 2. The number of halogens is 1. The van der Waals surface area contributed by atoms with Crippen molar-refractivity contribution < 1.29 is 8.42 Å². The van der Waals surface area contributed by atoms with Gasteiger partial charge in [-0.3, -0.25) is 0 Å². The quantitative estimate of drug-likeness (QED) is 0.541. The standard InChI is InChI=1S/C22H21BrN2O2S/c1-15-10-12-17(13-11-15)28(26,27)25-22(18-7-3-4-8-19(18)23)21-14-16-6-2-5-9-20(16)24-21/h2-5,7-8,10-14,22,24-25H,6,9H2,1H3. The van der Waals surface area contributed by atoms with Crippen LogP contribution in [0, 0.1) is 6.92 Å². The van der Waals surface area contributed by atoms with E-state index in [1.165, 1.54) is 5.56 Å². The highest BCUT2D eigenvalue weighted by Crippen LogP contribution is 2.32. The van der Waals surface area contributed by atoms with Crippen molar-refractivity contribution in [1.82, 2.24) is 9.71 Å². The van der Waals surface area contributed by atoms with Crippen LogP contribution in [0.4, 0.5) is 0 Å². The molecule has 1 aliphatic rings. The molecule has 0 amide bonds. The number of H-pyrrole nitrogens is 1. The highest BCUT2D eigenvalue weighted by atomic mass is 79.9. The van der Waals surface area contributed by atoms with Crippen LogP contribution in [0.2, 0.25) is 0 Å². The summed E-state index contributed by atoms with van der Waals surface area (Å²) < 4.78 is 30.0. The number of aryl methyl sites for hydroxylation is 1. The van der Waals surface area contributed by atoms with Gasteiger partial charge < -0.3 is 4.98 Å². The van der Waals surface area contributed by atoms with E-state index in [0.717, 1.165) is 39.8 Å². The molecule has 0 saturated heterocycles. The van der Waals surface area contributed by atoms with E-state index >= 15 is 0 Å². The highest BCUT2D eigenvalue weighted by molar-refractivity contribution is 9.10. The molecule has 4 rings (SSSR count). The molecule has 1 aliphatic carbocycles. The molecule has 3 aromatic rings. The number of fused-ring (bicyclic) bond motifs is 1. The Balaban J connectivity index is 1.76. The summed E-state index contributed by atoms with van der Waals surface area (Å²) in [5.41, 5.74) is 5.08. The average molecular weight is 457 g/mol. The molecule has 1 aromatic heterocycles. The normalized spacial score (nSPS) is 14.6. The van der Waals surface area contributed by atoms with Crippen LogP contribution < -0.4 is 4.72 Å². The van der Waals surface area contributed by atoms with Crippen LogP contribution in [-0.4, -0.2) is 13.4 Å². The zero-order valence-electron chi connectivity index (χ0n) is 15.4. The van der Waals surface area contributed by atoms with E-state index in [2.05, 4.69) is 43.9 Å². The molecule has 0 fully saturated rings. The Morgan fingerprint density at radius 1 is 1.04 bits per heavy atom. The molecule has 2 N–H and O–H groups in total. The first-order chi connectivity index (χ1) is 13.4. The molecule has 144 valence electrons. The molecule has 0 aliphatic heterocycles. The van der Waals surface area contributed by atoms with E-state index in [-0.39, 0.29) is 4.90 Å². The van der Waals surface area contributed by atoms with E-state index in [9.17, 15) is 8.42 Å². The summed E-state index contributed by atoms with van der Waals surface area (Å²) in [6.07, 6.45) is 5.97. The van der Waals surface area contributed by atoms with Gasteiger partial charge in [0.2, 0.25) is 10.0 Å². The minimum atomic E-state index is -3.70. The number of rotatable bonds is 5. The number of aromatic amines is 1. The van der Waals surface area contributed by atoms with Crippen molar-refractivity contribution in [2.24, 2.45) is 0 Å². The lowest BCUT2D eigenvalue weighted by atomic mass is 10.0. The van der Waals surface area contributed by atoms with Crippen LogP contribution in [0.1, 0.15) is 34.1 Å². The van der Waals surface area contributed by atoms with Gasteiger partial charge >= 0.3 is 0 Å². The maximum absolute atomic E-state index is 13.1. The molecule has 28 heavy (non-hydrogen) atoms. The monoisotopic (exact) mass is 456 g/mol. The number of aromatic nitrogens is 1. The number of nitrogens with one attached hydrogen (secondary N) is 2. The third kappa shape index (κ3) is 3.85. The van der Waals surface area contributed by atoms with Gasteiger partial charge in [0.25, 0.3) is 0 Å².